The van der Waals surface area contributed by atoms with Crippen LogP contribution in [-0.4, -0.2) is 23.9 Å². The first kappa shape index (κ1) is 24.2. The van der Waals surface area contributed by atoms with E-state index < -0.39 is 10.9 Å². The van der Waals surface area contributed by atoms with Crippen molar-refractivity contribution in [3.63, 3.8) is 0 Å². The van der Waals surface area contributed by atoms with Gasteiger partial charge in [0.1, 0.15) is 12.4 Å². The second kappa shape index (κ2) is 10.1. The third-order valence-corrected chi connectivity index (χ3v) is 5.47. The zero-order valence-corrected chi connectivity index (χ0v) is 19.5. The van der Waals surface area contributed by atoms with Gasteiger partial charge in [-0.25, -0.2) is 14.2 Å². The Labute approximate surface area is 208 Å². The normalized spacial score (nSPS) is 14.0. The highest BCUT2D eigenvalue weighted by Gasteiger charge is 2.27. The fourth-order valence-electron chi connectivity index (χ4n) is 3.17. The SMILES string of the molecule is COc1cc(/C=C2\N=C(c3cc([N+](=O)[O-])ccc3Cl)OC2=O)cc(Cl)c1OCc1ccc(F)cc1. The van der Waals surface area contributed by atoms with E-state index in [-0.39, 0.29) is 51.1 Å². The highest BCUT2D eigenvalue weighted by atomic mass is 35.5. The predicted molar refractivity (Wildman–Crippen MR) is 127 cm³/mol. The minimum atomic E-state index is -0.769. The molecule has 3 aromatic rings. The van der Waals surface area contributed by atoms with Gasteiger partial charge in [-0.3, -0.25) is 10.1 Å². The maximum absolute atomic E-state index is 13.1. The van der Waals surface area contributed by atoms with Gasteiger partial charge in [-0.15, -0.1) is 0 Å². The molecule has 1 aliphatic heterocycles. The molecule has 0 fully saturated rings. The third kappa shape index (κ3) is 5.42. The number of aliphatic imine (C=N–C) groups is 1. The fourth-order valence-corrected chi connectivity index (χ4v) is 3.64. The molecule has 0 aliphatic carbocycles. The van der Waals surface area contributed by atoms with Crippen molar-refractivity contribution < 1.29 is 28.3 Å². The maximum atomic E-state index is 13.1. The van der Waals surface area contributed by atoms with Crippen molar-refractivity contribution in [3.05, 3.63) is 103 Å². The van der Waals surface area contributed by atoms with E-state index in [1.54, 1.807) is 18.2 Å². The molecule has 1 aliphatic rings. The van der Waals surface area contributed by atoms with Crippen molar-refractivity contribution in [2.45, 2.75) is 6.61 Å². The summed E-state index contributed by atoms with van der Waals surface area (Å²) in [6, 6.07) is 12.7. The van der Waals surface area contributed by atoms with Crippen molar-refractivity contribution in [2.24, 2.45) is 4.99 Å². The molecule has 35 heavy (non-hydrogen) atoms. The largest absolute Gasteiger partial charge is 0.493 e. The van der Waals surface area contributed by atoms with Gasteiger partial charge in [-0.1, -0.05) is 35.3 Å². The number of hydrogen-bond donors (Lipinski definition) is 0. The number of halogens is 3. The summed E-state index contributed by atoms with van der Waals surface area (Å²) in [4.78, 5) is 27.0. The summed E-state index contributed by atoms with van der Waals surface area (Å²) >= 11 is 12.5. The van der Waals surface area contributed by atoms with Crippen molar-refractivity contribution in [1.29, 1.82) is 0 Å². The van der Waals surface area contributed by atoms with Crippen LogP contribution in [0.25, 0.3) is 6.08 Å². The second-order valence-corrected chi connectivity index (χ2v) is 8.02. The van der Waals surface area contributed by atoms with Crippen LogP contribution < -0.4 is 9.47 Å². The average molecular weight is 517 g/mol. The molecule has 178 valence electrons. The molecule has 0 unspecified atom stereocenters. The quantitative estimate of drug-likeness (QED) is 0.166. The minimum absolute atomic E-state index is 0.0688. The summed E-state index contributed by atoms with van der Waals surface area (Å²) in [7, 11) is 1.43. The molecule has 0 aromatic heterocycles. The van der Waals surface area contributed by atoms with Gasteiger partial charge in [0.15, 0.2) is 17.2 Å². The first-order valence-corrected chi connectivity index (χ1v) is 10.7. The third-order valence-electron chi connectivity index (χ3n) is 4.86. The Hall–Kier alpha value is -3.95. The lowest BCUT2D eigenvalue weighted by Crippen LogP contribution is -2.06. The number of hydrogen-bond acceptors (Lipinski definition) is 7. The van der Waals surface area contributed by atoms with E-state index in [9.17, 15) is 19.3 Å². The van der Waals surface area contributed by atoms with Gasteiger partial charge in [-0.2, -0.15) is 0 Å². The number of rotatable bonds is 7. The van der Waals surface area contributed by atoms with E-state index in [4.69, 9.17) is 37.4 Å². The molecule has 4 rings (SSSR count). The molecule has 0 radical (unpaired) electrons. The van der Waals surface area contributed by atoms with Crippen molar-refractivity contribution in [2.75, 3.05) is 7.11 Å². The van der Waals surface area contributed by atoms with Gasteiger partial charge in [0.2, 0.25) is 5.90 Å². The highest BCUT2D eigenvalue weighted by molar-refractivity contribution is 6.34. The zero-order chi connectivity index (χ0) is 25.1. The van der Waals surface area contributed by atoms with Gasteiger partial charge >= 0.3 is 5.97 Å². The number of nitro benzene ring substituents is 1. The van der Waals surface area contributed by atoms with Gasteiger partial charge in [0.25, 0.3) is 5.69 Å². The smallest absolute Gasteiger partial charge is 0.363 e. The molecule has 0 atom stereocenters. The molecule has 3 aromatic carbocycles. The van der Waals surface area contributed by atoms with Crippen LogP contribution in [0.5, 0.6) is 11.5 Å². The molecule has 11 heteroatoms. The number of esters is 1. The van der Waals surface area contributed by atoms with Gasteiger partial charge in [-0.05, 0) is 47.5 Å². The van der Waals surface area contributed by atoms with Crippen LogP contribution in [0.15, 0.2) is 65.3 Å². The second-order valence-electron chi connectivity index (χ2n) is 7.21. The van der Waals surface area contributed by atoms with Crippen molar-refractivity contribution in [3.8, 4) is 11.5 Å². The van der Waals surface area contributed by atoms with Gasteiger partial charge in [0, 0.05) is 12.1 Å². The van der Waals surface area contributed by atoms with Crippen molar-refractivity contribution >= 4 is 46.8 Å². The predicted octanol–water partition coefficient (Wildman–Crippen LogP) is 5.97. The number of ether oxygens (including phenoxy) is 3. The molecule has 8 nitrogen and oxygen atoms in total. The molecule has 0 bridgehead atoms. The highest BCUT2D eigenvalue weighted by Crippen LogP contribution is 2.38. The molecule has 0 saturated heterocycles. The molecule has 1 heterocycles. The number of carbonyl (C=O) groups excluding carboxylic acids is 1. The minimum Gasteiger partial charge on any atom is -0.493 e. The van der Waals surface area contributed by atoms with Crippen LogP contribution in [0.2, 0.25) is 10.0 Å². The van der Waals surface area contributed by atoms with Crippen LogP contribution in [0, 0.1) is 15.9 Å². The number of benzene rings is 3. The molecule has 0 N–H and O–H groups in total. The summed E-state index contributed by atoms with van der Waals surface area (Å²) in [6.45, 7) is 0.126. The molecular weight excluding hydrogens is 502 g/mol. The van der Waals surface area contributed by atoms with E-state index >= 15 is 0 Å². The van der Waals surface area contributed by atoms with Crippen LogP contribution >= 0.6 is 23.2 Å². The summed E-state index contributed by atoms with van der Waals surface area (Å²) in [6.07, 6.45) is 1.42. The Kier molecular flexibility index (Phi) is 6.99. The maximum Gasteiger partial charge on any atom is 0.363 e. The van der Waals surface area contributed by atoms with Crippen LogP contribution in [-0.2, 0) is 16.1 Å². The summed E-state index contributed by atoms with van der Waals surface area (Å²) in [5.74, 6) is -0.724. The summed E-state index contributed by atoms with van der Waals surface area (Å²) < 4.78 is 29.4. The molecule has 0 amide bonds. The first-order valence-electron chi connectivity index (χ1n) is 9.97. The number of nitro groups is 1. The molecular formula is C24H15Cl2FN2O6. The topological polar surface area (TPSA) is 100 Å². The first-order chi connectivity index (χ1) is 16.7. The monoisotopic (exact) mass is 516 g/mol. The number of nitrogens with zero attached hydrogens (tertiary/aromatic N) is 2. The van der Waals surface area contributed by atoms with Gasteiger partial charge in [0.05, 0.1) is 27.6 Å². The number of carbonyl (C=O) groups is 1. The number of methoxy groups -OCH3 is 1. The van der Waals surface area contributed by atoms with E-state index in [0.29, 0.717) is 11.3 Å². The van der Waals surface area contributed by atoms with Crippen molar-refractivity contribution in [1.82, 2.24) is 0 Å². The standard InChI is InChI=1S/C24H15Cl2FN2O6/c1-33-21-10-14(8-19(26)22(21)34-12-13-2-4-15(27)5-3-13)9-20-24(30)35-23(28-20)17-11-16(29(31)32)6-7-18(17)25/h2-11H,12H2,1H3/b20-9-. The number of cyclic esters (lactones) is 1. The zero-order valence-electron chi connectivity index (χ0n) is 18.0. The fraction of sp³-hybridized carbons (Fsp3) is 0.0833. The van der Waals surface area contributed by atoms with E-state index in [2.05, 4.69) is 4.99 Å². The van der Waals surface area contributed by atoms with E-state index in [1.807, 2.05) is 0 Å². The van der Waals surface area contributed by atoms with E-state index in [1.165, 1.54) is 49.6 Å². The van der Waals surface area contributed by atoms with Crippen LogP contribution in [0.3, 0.4) is 0 Å². The molecule has 0 saturated carbocycles. The summed E-state index contributed by atoms with van der Waals surface area (Å²) in [5, 5.41) is 11.4. The average Bonchev–Trinajstić information content (AvgIpc) is 3.19. The lowest BCUT2D eigenvalue weighted by Gasteiger charge is -2.13. The van der Waals surface area contributed by atoms with Gasteiger partial charge < -0.3 is 14.2 Å². The Morgan fingerprint density at radius 1 is 1.11 bits per heavy atom. The molecule has 0 spiro atoms. The Morgan fingerprint density at radius 2 is 1.86 bits per heavy atom. The Bertz CT molecular complexity index is 1390. The lowest BCUT2D eigenvalue weighted by atomic mass is 10.1. The number of non-ortho nitro benzene ring substituents is 1. The Morgan fingerprint density at radius 3 is 2.54 bits per heavy atom. The summed E-state index contributed by atoms with van der Waals surface area (Å²) in [5.41, 5.74) is 1.00. The lowest BCUT2D eigenvalue weighted by molar-refractivity contribution is -0.384. The van der Waals surface area contributed by atoms with Crippen LogP contribution in [0.1, 0.15) is 16.7 Å². The Balaban J connectivity index is 1.61. The van der Waals surface area contributed by atoms with E-state index in [0.717, 1.165) is 5.56 Å². The van der Waals surface area contributed by atoms with Crippen LogP contribution in [0.4, 0.5) is 10.1 Å².